The van der Waals surface area contributed by atoms with Crippen LogP contribution < -0.4 is 20.1 Å². The number of benzene rings is 2. The Morgan fingerprint density at radius 2 is 1.58 bits per heavy atom. The van der Waals surface area contributed by atoms with Gasteiger partial charge >= 0.3 is 6.61 Å². The maximum absolute atomic E-state index is 12.6. The SMILES string of the molecule is CN=C(NCc1ccccc1OCCN1CCOCC1)NCc1ccccc1OC(F)F.I. The molecule has 7 nitrogen and oxygen atoms in total. The van der Waals surface area contributed by atoms with Crippen molar-refractivity contribution in [2.24, 2.45) is 4.99 Å². The van der Waals surface area contributed by atoms with Crippen molar-refractivity contribution in [1.82, 2.24) is 15.5 Å². The fourth-order valence-corrected chi connectivity index (χ4v) is 3.34. The highest BCUT2D eigenvalue weighted by Crippen LogP contribution is 2.20. The van der Waals surface area contributed by atoms with Crippen molar-refractivity contribution >= 4 is 29.9 Å². The van der Waals surface area contributed by atoms with Crippen LogP contribution in [0.4, 0.5) is 8.78 Å². The minimum atomic E-state index is -2.87. The van der Waals surface area contributed by atoms with Gasteiger partial charge in [0.15, 0.2) is 5.96 Å². The topological polar surface area (TPSA) is 67.4 Å². The minimum absolute atomic E-state index is 0. The van der Waals surface area contributed by atoms with Crippen LogP contribution in [0.3, 0.4) is 0 Å². The lowest BCUT2D eigenvalue weighted by Gasteiger charge is -2.26. The summed E-state index contributed by atoms with van der Waals surface area (Å²) in [5.74, 6) is 1.50. The van der Waals surface area contributed by atoms with Gasteiger partial charge in [0.1, 0.15) is 18.1 Å². The van der Waals surface area contributed by atoms with Gasteiger partial charge in [-0.1, -0.05) is 36.4 Å². The van der Waals surface area contributed by atoms with Gasteiger partial charge in [-0.05, 0) is 12.1 Å². The molecule has 1 fully saturated rings. The van der Waals surface area contributed by atoms with Crippen LogP contribution in [-0.2, 0) is 17.8 Å². The summed E-state index contributed by atoms with van der Waals surface area (Å²) >= 11 is 0. The number of aliphatic imine (C=N–C) groups is 1. The van der Waals surface area contributed by atoms with Gasteiger partial charge in [0.05, 0.1) is 13.2 Å². The Balaban J connectivity index is 0.00000385. The fraction of sp³-hybridized carbons (Fsp3) is 0.435. The number of alkyl halides is 2. The average Bonchev–Trinajstić information content (AvgIpc) is 2.81. The zero-order valence-corrected chi connectivity index (χ0v) is 21.0. The third-order valence-electron chi connectivity index (χ3n) is 5.05. The average molecular weight is 576 g/mol. The zero-order chi connectivity index (χ0) is 22.6. The number of hydrogen-bond acceptors (Lipinski definition) is 5. The van der Waals surface area contributed by atoms with E-state index in [-0.39, 0.29) is 29.7 Å². The number of nitrogens with one attached hydrogen (secondary N) is 2. The lowest BCUT2D eigenvalue weighted by molar-refractivity contribution is -0.0504. The van der Waals surface area contributed by atoms with Crippen molar-refractivity contribution in [3.8, 4) is 11.5 Å². The molecule has 1 aliphatic heterocycles. The van der Waals surface area contributed by atoms with Crippen LogP contribution in [-0.4, -0.2) is 64.0 Å². The van der Waals surface area contributed by atoms with Gasteiger partial charge in [-0.25, -0.2) is 0 Å². The molecule has 2 N–H and O–H groups in total. The number of para-hydroxylation sites is 2. The van der Waals surface area contributed by atoms with Crippen molar-refractivity contribution in [3.05, 3.63) is 59.7 Å². The molecular formula is C23H31F2IN4O3. The van der Waals surface area contributed by atoms with Gasteiger partial charge in [-0.15, -0.1) is 24.0 Å². The molecular weight excluding hydrogens is 545 g/mol. The van der Waals surface area contributed by atoms with Crippen LogP contribution in [0.5, 0.6) is 11.5 Å². The number of hydrogen-bond donors (Lipinski definition) is 2. The summed E-state index contributed by atoms with van der Waals surface area (Å²) in [6.45, 7) is 2.78. The summed E-state index contributed by atoms with van der Waals surface area (Å²) in [6.07, 6.45) is 0. The first kappa shape index (κ1) is 27.1. The Hall–Kier alpha value is -2.18. The summed E-state index contributed by atoms with van der Waals surface area (Å²) in [4.78, 5) is 6.53. The Labute approximate surface area is 210 Å². The van der Waals surface area contributed by atoms with Gasteiger partial charge in [0, 0.05) is 50.9 Å². The van der Waals surface area contributed by atoms with Crippen LogP contribution in [0.2, 0.25) is 0 Å². The van der Waals surface area contributed by atoms with Crippen molar-refractivity contribution in [2.75, 3.05) is 46.5 Å². The van der Waals surface area contributed by atoms with E-state index >= 15 is 0 Å². The molecule has 0 aromatic heterocycles. The highest BCUT2D eigenvalue weighted by Gasteiger charge is 2.12. The molecule has 0 saturated carbocycles. The molecule has 2 aromatic carbocycles. The molecule has 2 aromatic rings. The summed E-state index contributed by atoms with van der Waals surface area (Å²) < 4.78 is 41.2. The van der Waals surface area contributed by atoms with E-state index in [1.54, 1.807) is 25.2 Å². The summed E-state index contributed by atoms with van der Waals surface area (Å²) in [6, 6.07) is 14.5. The number of nitrogens with zero attached hydrogens (tertiary/aromatic N) is 2. The molecule has 1 aliphatic rings. The Morgan fingerprint density at radius 1 is 1.00 bits per heavy atom. The maximum Gasteiger partial charge on any atom is 0.387 e. The first-order chi connectivity index (χ1) is 15.7. The number of morpholine rings is 1. The second-order valence-corrected chi connectivity index (χ2v) is 7.18. The minimum Gasteiger partial charge on any atom is -0.492 e. The van der Waals surface area contributed by atoms with E-state index in [1.165, 1.54) is 6.07 Å². The molecule has 33 heavy (non-hydrogen) atoms. The lowest BCUT2D eigenvalue weighted by Crippen LogP contribution is -2.38. The highest BCUT2D eigenvalue weighted by molar-refractivity contribution is 14.0. The van der Waals surface area contributed by atoms with Gasteiger partial charge in [0.25, 0.3) is 0 Å². The molecule has 3 rings (SSSR count). The maximum atomic E-state index is 12.6. The van der Waals surface area contributed by atoms with E-state index in [2.05, 4.69) is 25.3 Å². The summed E-state index contributed by atoms with van der Waals surface area (Å²) in [7, 11) is 1.65. The first-order valence-electron chi connectivity index (χ1n) is 10.6. The van der Waals surface area contributed by atoms with Crippen molar-refractivity contribution in [2.45, 2.75) is 19.7 Å². The van der Waals surface area contributed by atoms with Gasteiger partial charge in [0.2, 0.25) is 0 Å². The van der Waals surface area contributed by atoms with E-state index in [1.807, 2.05) is 24.3 Å². The third kappa shape index (κ3) is 9.30. The normalized spacial score (nSPS) is 14.5. The first-order valence-corrected chi connectivity index (χ1v) is 10.6. The third-order valence-corrected chi connectivity index (χ3v) is 5.05. The van der Waals surface area contributed by atoms with Crippen molar-refractivity contribution < 1.29 is 23.0 Å². The quantitative estimate of drug-likeness (QED) is 0.257. The van der Waals surface area contributed by atoms with Gasteiger partial charge in [-0.3, -0.25) is 9.89 Å². The highest BCUT2D eigenvalue weighted by atomic mass is 127. The summed E-state index contributed by atoms with van der Waals surface area (Å²) in [5.41, 5.74) is 1.61. The predicted octanol–water partition coefficient (Wildman–Crippen LogP) is 3.48. The number of guanidine groups is 1. The van der Waals surface area contributed by atoms with Crippen LogP contribution in [0, 0.1) is 0 Å². The smallest absolute Gasteiger partial charge is 0.387 e. The molecule has 0 aliphatic carbocycles. The monoisotopic (exact) mass is 576 g/mol. The van der Waals surface area contributed by atoms with Crippen LogP contribution >= 0.6 is 24.0 Å². The number of ether oxygens (including phenoxy) is 3. The van der Waals surface area contributed by atoms with E-state index in [4.69, 9.17) is 9.47 Å². The van der Waals surface area contributed by atoms with Crippen molar-refractivity contribution in [3.63, 3.8) is 0 Å². The van der Waals surface area contributed by atoms with Crippen LogP contribution in [0.1, 0.15) is 11.1 Å². The molecule has 0 amide bonds. The fourth-order valence-electron chi connectivity index (χ4n) is 3.34. The van der Waals surface area contributed by atoms with Crippen LogP contribution in [0.15, 0.2) is 53.5 Å². The second kappa shape index (κ2) is 14.9. The molecule has 0 spiro atoms. The summed E-state index contributed by atoms with van der Waals surface area (Å²) in [5, 5.41) is 6.37. The molecule has 0 radical (unpaired) electrons. The van der Waals surface area contributed by atoms with Crippen LogP contribution in [0.25, 0.3) is 0 Å². The van der Waals surface area contributed by atoms with Crippen molar-refractivity contribution in [1.29, 1.82) is 0 Å². The van der Waals surface area contributed by atoms with Gasteiger partial charge in [-0.2, -0.15) is 8.78 Å². The Kier molecular flexibility index (Phi) is 12.2. The number of halogens is 3. The zero-order valence-electron chi connectivity index (χ0n) is 18.6. The molecule has 0 unspecified atom stereocenters. The molecule has 1 saturated heterocycles. The second-order valence-electron chi connectivity index (χ2n) is 7.18. The largest absolute Gasteiger partial charge is 0.492 e. The molecule has 0 bridgehead atoms. The Morgan fingerprint density at radius 3 is 2.18 bits per heavy atom. The lowest BCUT2D eigenvalue weighted by atomic mass is 10.2. The van der Waals surface area contributed by atoms with E-state index in [0.29, 0.717) is 31.2 Å². The standard InChI is InChI=1S/C23H30F2N4O3.HI/c1-26-23(28-17-19-7-3-5-9-21(19)32-22(24)25)27-16-18-6-2-4-8-20(18)31-15-12-29-10-13-30-14-11-29;/h2-9,22H,10-17H2,1H3,(H2,26,27,28);1H. The predicted molar refractivity (Wildman–Crippen MR) is 135 cm³/mol. The van der Waals surface area contributed by atoms with E-state index in [0.717, 1.165) is 44.2 Å². The van der Waals surface area contributed by atoms with E-state index in [9.17, 15) is 8.78 Å². The molecule has 1 heterocycles. The molecule has 182 valence electrons. The van der Waals surface area contributed by atoms with E-state index < -0.39 is 6.61 Å². The number of rotatable bonds is 10. The molecule has 0 atom stereocenters. The molecule has 10 heteroatoms. The Bertz CT molecular complexity index is 867. The van der Waals surface area contributed by atoms with Gasteiger partial charge < -0.3 is 24.8 Å².